The molecule has 1 heterocycles. The Balaban J connectivity index is 0.00000242. The van der Waals surface area contributed by atoms with Gasteiger partial charge in [-0.1, -0.05) is 18.2 Å². The van der Waals surface area contributed by atoms with Gasteiger partial charge in [0.25, 0.3) is 0 Å². The van der Waals surface area contributed by atoms with E-state index in [4.69, 9.17) is 0 Å². The van der Waals surface area contributed by atoms with Gasteiger partial charge in [0.1, 0.15) is 0 Å². The summed E-state index contributed by atoms with van der Waals surface area (Å²) in [5, 5.41) is 6.02. The fourth-order valence-corrected chi connectivity index (χ4v) is 2.99. The van der Waals surface area contributed by atoms with Gasteiger partial charge in [0.15, 0.2) is 0 Å². The van der Waals surface area contributed by atoms with Gasteiger partial charge in [-0.3, -0.25) is 4.79 Å². The van der Waals surface area contributed by atoms with Crippen LogP contribution in [0.15, 0.2) is 18.2 Å². The number of hydrogen-bond acceptors (Lipinski definition) is 4. The topological polar surface area (TPSA) is 78.5 Å². The van der Waals surface area contributed by atoms with E-state index >= 15 is 0 Å². The van der Waals surface area contributed by atoms with Crippen LogP contribution in [-0.2, 0) is 34.5 Å². The molecular weight excluding hydrogens is 326 g/mol. The number of rotatable bonds is 6. The Bertz CT molecular complexity index is 634. The molecule has 0 atom stereocenters. The number of sulfonamides is 1. The minimum absolute atomic E-state index is 0. The van der Waals surface area contributed by atoms with E-state index in [2.05, 4.69) is 22.8 Å². The summed E-state index contributed by atoms with van der Waals surface area (Å²) >= 11 is 0. The van der Waals surface area contributed by atoms with Crippen molar-refractivity contribution < 1.29 is 13.2 Å². The maximum absolute atomic E-state index is 11.8. The minimum atomic E-state index is -3.32. The van der Waals surface area contributed by atoms with Gasteiger partial charge in [-0.15, -0.1) is 12.4 Å². The molecule has 2 N–H and O–H groups in total. The van der Waals surface area contributed by atoms with Crippen LogP contribution in [0.25, 0.3) is 0 Å². The molecule has 8 heteroatoms. The zero-order chi connectivity index (χ0) is 15.5. The van der Waals surface area contributed by atoms with Crippen molar-refractivity contribution in [3.8, 4) is 0 Å². The molecule has 0 bridgehead atoms. The van der Waals surface area contributed by atoms with E-state index < -0.39 is 10.0 Å². The number of nitrogens with zero attached hydrogens (tertiary/aromatic N) is 1. The first kappa shape index (κ1) is 18.9. The summed E-state index contributed by atoms with van der Waals surface area (Å²) in [5.74, 6) is -0.303. The smallest absolute Gasteiger partial charge is 0.235 e. The van der Waals surface area contributed by atoms with Crippen LogP contribution < -0.4 is 10.6 Å². The molecule has 0 fully saturated rings. The van der Waals surface area contributed by atoms with Crippen molar-refractivity contribution >= 4 is 28.3 Å². The second-order valence-electron chi connectivity index (χ2n) is 5.14. The monoisotopic (exact) mass is 347 g/mol. The van der Waals surface area contributed by atoms with Crippen LogP contribution in [0, 0.1) is 0 Å². The number of benzene rings is 1. The lowest BCUT2D eigenvalue weighted by molar-refractivity contribution is -0.121. The number of carbonyl (C=O) groups excluding carboxylic acids is 1. The van der Waals surface area contributed by atoms with Gasteiger partial charge < -0.3 is 10.6 Å². The van der Waals surface area contributed by atoms with Gasteiger partial charge in [-0.05, 0) is 23.6 Å². The van der Waals surface area contributed by atoms with E-state index in [1.807, 2.05) is 6.07 Å². The third-order valence-corrected chi connectivity index (χ3v) is 5.41. The molecule has 0 unspecified atom stereocenters. The molecule has 0 spiro atoms. The number of fused-ring (bicyclic) bond motifs is 1. The van der Waals surface area contributed by atoms with Crippen LogP contribution in [0.3, 0.4) is 0 Å². The fraction of sp³-hybridized carbons (Fsp3) is 0.500. The Kier molecular flexibility index (Phi) is 6.80. The van der Waals surface area contributed by atoms with Gasteiger partial charge in [-0.25, -0.2) is 8.42 Å². The second-order valence-corrected chi connectivity index (χ2v) is 7.50. The fourth-order valence-electron chi connectivity index (χ4n) is 2.24. The van der Waals surface area contributed by atoms with Crippen molar-refractivity contribution in [2.45, 2.75) is 26.6 Å². The Labute approximate surface area is 137 Å². The lowest BCUT2D eigenvalue weighted by Crippen LogP contribution is -2.38. The summed E-state index contributed by atoms with van der Waals surface area (Å²) in [7, 11) is -1.90. The van der Waals surface area contributed by atoms with Crippen molar-refractivity contribution in [1.29, 1.82) is 0 Å². The first-order chi connectivity index (χ1) is 9.92. The highest BCUT2D eigenvalue weighted by Crippen LogP contribution is 2.16. The van der Waals surface area contributed by atoms with E-state index in [1.54, 1.807) is 6.92 Å². The summed E-state index contributed by atoms with van der Waals surface area (Å²) in [6.07, 6.45) is 0. The average molecular weight is 348 g/mol. The Morgan fingerprint density at radius 1 is 1.32 bits per heavy atom. The highest BCUT2D eigenvalue weighted by molar-refractivity contribution is 7.89. The van der Waals surface area contributed by atoms with Gasteiger partial charge in [0, 0.05) is 26.7 Å². The van der Waals surface area contributed by atoms with Crippen molar-refractivity contribution in [2.24, 2.45) is 0 Å². The lowest BCUT2D eigenvalue weighted by atomic mass is 10.1. The summed E-state index contributed by atoms with van der Waals surface area (Å²) < 4.78 is 24.2. The number of likely N-dealkylation sites (N-methyl/N-ethyl adjacent to an activating group) is 1. The first-order valence-electron chi connectivity index (χ1n) is 6.94. The normalized spacial score (nSPS) is 13.6. The zero-order valence-corrected chi connectivity index (χ0v) is 14.4. The SMILES string of the molecule is CCS(=O)(=O)N(C)CC(=O)NCc1ccc2c(c1)CNC2.Cl. The summed E-state index contributed by atoms with van der Waals surface area (Å²) in [4.78, 5) is 11.8. The third kappa shape index (κ3) is 4.67. The highest BCUT2D eigenvalue weighted by Gasteiger charge is 2.18. The minimum Gasteiger partial charge on any atom is -0.351 e. The van der Waals surface area contributed by atoms with E-state index in [9.17, 15) is 13.2 Å². The Morgan fingerprint density at radius 3 is 2.68 bits per heavy atom. The predicted octanol–water partition coefficient (Wildman–Crippen LogP) is 0.609. The van der Waals surface area contributed by atoms with E-state index in [0.717, 1.165) is 23.0 Å². The molecule has 1 aromatic carbocycles. The van der Waals surface area contributed by atoms with Crippen LogP contribution >= 0.6 is 12.4 Å². The number of carbonyl (C=O) groups is 1. The van der Waals surface area contributed by atoms with Crippen molar-refractivity contribution in [2.75, 3.05) is 19.3 Å². The van der Waals surface area contributed by atoms with E-state index in [1.165, 1.54) is 18.2 Å². The molecule has 22 heavy (non-hydrogen) atoms. The van der Waals surface area contributed by atoms with Crippen LogP contribution in [0.5, 0.6) is 0 Å². The van der Waals surface area contributed by atoms with Crippen molar-refractivity contribution in [1.82, 2.24) is 14.9 Å². The molecule has 1 amide bonds. The maximum atomic E-state index is 11.8. The predicted molar refractivity (Wildman–Crippen MR) is 88.2 cm³/mol. The summed E-state index contributed by atoms with van der Waals surface area (Å²) in [5.41, 5.74) is 3.57. The van der Waals surface area contributed by atoms with Gasteiger partial charge in [0.2, 0.25) is 15.9 Å². The summed E-state index contributed by atoms with van der Waals surface area (Å²) in [6, 6.07) is 6.12. The first-order valence-corrected chi connectivity index (χ1v) is 8.55. The molecule has 0 radical (unpaired) electrons. The van der Waals surface area contributed by atoms with Crippen LogP contribution in [-0.4, -0.2) is 38.0 Å². The summed E-state index contributed by atoms with van der Waals surface area (Å²) in [6.45, 7) is 3.56. The molecule has 0 aliphatic carbocycles. The third-order valence-electron chi connectivity index (χ3n) is 3.60. The maximum Gasteiger partial charge on any atom is 0.235 e. The highest BCUT2D eigenvalue weighted by atomic mass is 35.5. The van der Waals surface area contributed by atoms with Crippen LogP contribution in [0.4, 0.5) is 0 Å². The molecule has 1 aliphatic rings. The zero-order valence-electron chi connectivity index (χ0n) is 12.8. The van der Waals surface area contributed by atoms with E-state index in [-0.39, 0.29) is 30.6 Å². The van der Waals surface area contributed by atoms with Gasteiger partial charge >= 0.3 is 0 Å². The van der Waals surface area contributed by atoms with Gasteiger partial charge in [-0.2, -0.15) is 4.31 Å². The number of hydrogen-bond donors (Lipinski definition) is 2. The molecule has 0 saturated carbocycles. The van der Waals surface area contributed by atoms with Crippen molar-refractivity contribution in [3.63, 3.8) is 0 Å². The molecule has 6 nitrogen and oxygen atoms in total. The second kappa shape index (κ2) is 7.92. The van der Waals surface area contributed by atoms with Crippen LogP contribution in [0.2, 0.25) is 0 Å². The van der Waals surface area contributed by atoms with Crippen LogP contribution in [0.1, 0.15) is 23.6 Å². The molecular formula is C14H22ClN3O3S. The molecule has 1 aromatic rings. The Hall–Kier alpha value is -1.15. The standard InChI is InChI=1S/C14H21N3O3S.ClH/c1-3-21(19,20)17(2)10-14(18)16-7-11-4-5-12-8-15-9-13(12)6-11;/h4-6,15H,3,7-10H2,1-2H3,(H,16,18);1H. The number of halogens is 1. The molecule has 1 aliphatic heterocycles. The number of nitrogens with one attached hydrogen (secondary N) is 2. The molecule has 124 valence electrons. The van der Waals surface area contributed by atoms with Gasteiger partial charge in [0.05, 0.1) is 12.3 Å². The lowest BCUT2D eigenvalue weighted by Gasteiger charge is -2.15. The Morgan fingerprint density at radius 2 is 2.00 bits per heavy atom. The van der Waals surface area contributed by atoms with E-state index in [0.29, 0.717) is 6.54 Å². The van der Waals surface area contributed by atoms with Crippen molar-refractivity contribution in [3.05, 3.63) is 34.9 Å². The molecule has 2 rings (SSSR count). The largest absolute Gasteiger partial charge is 0.351 e. The quantitative estimate of drug-likeness (QED) is 0.790. The molecule has 0 aromatic heterocycles. The average Bonchev–Trinajstić information content (AvgIpc) is 2.92. The number of amides is 1. The molecule has 0 saturated heterocycles.